The van der Waals surface area contributed by atoms with Gasteiger partial charge in [0.1, 0.15) is 5.75 Å². The van der Waals surface area contributed by atoms with Crippen molar-refractivity contribution in [3.63, 3.8) is 0 Å². The molecule has 2 heterocycles. The normalized spacial score (nSPS) is 27.1. The number of aryl methyl sites for hydroxylation is 1. The number of nitrogens with one attached hydrogen (secondary N) is 1. The molecule has 1 saturated carbocycles. The Morgan fingerprint density at radius 1 is 0.840 bits per heavy atom. The molecule has 2 aliphatic heterocycles. The molecule has 0 bridgehead atoms. The highest BCUT2D eigenvalue weighted by Crippen LogP contribution is 2.64. The number of allylic oxidation sites excluding steroid dienone is 2. The second kappa shape index (κ2) is 11.5. The molecule has 0 unspecified atom stereocenters. The Morgan fingerprint density at radius 2 is 1.56 bits per heavy atom. The Labute approximate surface area is 286 Å². The number of hydrogen-bond acceptors (Lipinski definition) is 8. The van der Waals surface area contributed by atoms with Gasteiger partial charge in [-0.3, -0.25) is 39.6 Å². The van der Waals surface area contributed by atoms with E-state index in [1.165, 1.54) is 30.3 Å². The zero-order valence-corrected chi connectivity index (χ0v) is 26.9. The third-order valence-electron chi connectivity index (χ3n) is 10.9. The van der Waals surface area contributed by atoms with Crippen molar-refractivity contribution in [3.8, 4) is 5.75 Å². The number of amides is 4. The number of phenols is 1. The molecule has 250 valence electrons. The Balaban J connectivity index is 1.28. The Kier molecular flexibility index (Phi) is 7.18. The number of imide groups is 2. The van der Waals surface area contributed by atoms with Gasteiger partial charge in [0, 0.05) is 18.1 Å². The van der Waals surface area contributed by atoms with Gasteiger partial charge in [-0.2, -0.15) is 5.01 Å². The number of benzene rings is 4. The average molecular weight is 669 g/mol. The minimum atomic E-state index is -1.44. The summed E-state index contributed by atoms with van der Waals surface area (Å²) in [6.45, 7) is 1.94. The van der Waals surface area contributed by atoms with Crippen LogP contribution in [0, 0.1) is 40.7 Å². The van der Waals surface area contributed by atoms with Crippen LogP contribution in [0.15, 0.2) is 115 Å². The van der Waals surface area contributed by atoms with Gasteiger partial charge >= 0.3 is 0 Å². The monoisotopic (exact) mass is 668 g/mol. The van der Waals surface area contributed by atoms with E-state index in [1.54, 1.807) is 24.3 Å². The van der Waals surface area contributed by atoms with Gasteiger partial charge in [0.25, 0.3) is 17.5 Å². The summed E-state index contributed by atoms with van der Waals surface area (Å²) in [4.78, 5) is 69.9. The van der Waals surface area contributed by atoms with Crippen molar-refractivity contribution in [3.05, 3.63) is 142 Å². The maximum atomic E-state index is 15.1. The number of nitro benzene ring substituents is 1. The molecular weight excluding hydrogens is 636 g/mol. The number of aromatic hydroxyl groups is 1. The zero-order chi connectivity index (χ0) is 34.9. The van der Waals surface area contributed by atoms with Crippen LogP contribution in [-0.4, -0.2) is 38.7 Å². The minimum absolute atomic E-state index is 0.0125. The Bertz CT molecular complexity index is 2110. The van der Waals surface area contributed by atoms with Crippen LogP contribution < -0.4 is 10.3 Å². The van der Waals surface area contributed by atoms with E-state index < -0.39 is 63.6 Å². The smallest absolute Gasteiger partial charge is 0.269 e. The first kappa shape index (κ1) is 31.2. The largest absolute Gasteiger partial charge is 0.508 e. The van der Waals surface area contributed by atoms with Crippen molar-refractivity contribution >= 4 is 40.7 Å². The molecule has 11 heteroatoms. The fourth-order valence-electron chi connectivity index (χ4n) is 8.80. The van der Waals surface area contributed by atoms with Crippen LogP contribution in [0.2, 0.25) is 0 Å². The number of phenolic OH excluding ortho intramolecular Hbond substituents is 1. The summed E-state index contributed by atoms with van der Waals surface area (Å²) in [5, 5.41) is 23.1. The number of anilines is 2. The van der Waals surface area contributed by atoms with E-state index >= 15 is 4.79 Å². The van der Waals surface area contributed by atoms with Crippen LogP contribution >= 0.6 is 0 Å². The molecular formula is C39H32N4O7. The molecule has 8 rings (SSSR count). The molecule has 3 fully saturated rings. The van der Waals surface area contributed by atoms with Gasteiger partial charge < -0.3 is 5.11 Å². The number of rotatable bonds is 6. The maximum absolute atomic E-state index is 15.1. The van der Waals surface area contributed by atoms with Crippen LogP contribution in [0.25, 0.3) is 0 Å². The van der Waals surface area contributed by atoms with Gasteiger partial charge in [-0.05, 0) is 73.2 Å². The Hall–Kier alpha value is -6.10. The van der Waals surface area contributed by atoms with Crippen LogP contribution in [0.5, 0.6) is 5.75 Å². The highest BCUT2D eigenvalue weighted by molar-refractivity contribution is 6.22. The lowest BCUT2D eigenvalue weighted by molar-refractivity contribution is -0.384. The number of nitro groups is 1. The molecule has 4 aromatic carbocycles. The summed E-state index contributed by atoms with van der Waals surface area (Å²) in [5.74, 6) is -5.58. The summed E-state index contributed by atoms with van der Waals surface area (Å²) in [6, 6.07) is 28.5. The summed E-state index contributed by atoms with van der Waals surface area (Å²) < 4.78 is 0. The summed E-state index contributed by atoms with van der Waals surface area (Å²) in [5.41, 5.74) is 5.28. The fourth-order valence-corrected chi connectivity index (χ4v) is 8.80. The zero-order valence-electron chi connectivity index (χ0n) is 26.9. The van der Waals surface area contributed by atoms with Gasteiger partial charge in [-0.15, -0.1) is 0 Å². The van der Waals surface area contributed by atoms with E-state index in [4.69, 9.17) is 0 Å². The molecule has 2 N–H and O–H groups in total. The molecule has 4 aliphatic rings. The van der Waals surface area contributed by atoms with Crippen LogP contribution in [0.3, 0.4) is 0 Å². The lowest BCUT2D eigenvalue weighted by Crippen LogP contribution is -2.53. The Morgan fingerprint density at radius 3 is 2.24 bits per heavy atom. The molecule has 4 amide bonds. The van der Waals surface area contributed by atoms with Gasteiger partial charge in [0.2, 0.25) is 11.8 Å². The third-order valence-corrected chi connectivity index (χ3v) is 10.9. The second-order valence-electron chi connectivity index (χ2n) is 13.5. The average Bonchev–Trinajstić information content (AvgIpc) is 3.50. The number of hydrogen-bond donors (Lipinski definition) is 2. The highest BCUT2D eigenvalue weighted by Gasteiger charge is 2.70. The fraction of sp³-hybridized carbons (Fsp3) is 0.231. The van der Waals surface area contributed by atoms with Crippen molar-refractivity contribution in [1.82, 2.24) is 5.01 Å². The molecule has 6 atom stereocenters. The molecule has 11 nitrogen and oxygen atoms in total. The van der Waals surface area contributed by atoms with E-state index in [9.17, 15) is 29.6 Å². The van der Waals surface area contributed by atoms with Crippen LogP contribution in [0.1, 0.15) is 35.4 Å². The van der Waals surface area contributed by atoms with Crippen molar-refractivity contribution in [2.24, 2.45) is 23.7 Å². The molecule has 2 aliphatic carbocycles. The number of nitrogens with zero attached hydrogens (tertiary/aromatic N) is 3. The molecule has 0 radical (unpaired) electrons. The van der Waals surface area contributed by atoms with E-state index in [0.717, 1.165) is 21.0 Å². The molecule has 50 heavy (non-hydrogen) atoms. The van der Waals surface area contributed by atoms with Gasteiger partial charge in [-0.1, -0.05) is 71.8 Å². The van der Waals surface area contributed by atoms with E-state index in [0.29, 0.717) is 16.8 Å². The van der Waals surface area contributed by atoms with E-state index in [2.05, 4.69) is 5.43 Å². The molecule has 2 saturated heterocycles. The standard InChI is InChI=1S/C39H32N4O7/c1-22-10-12-25(13-11-22)40-42-36(46)32-21-31-29(18-19-30-33(31)37(47)41(35(30)45)26-14-16-27(17-15-26)43(49)50)34(23-6-5-9-28(44)20-23)39(32,38(42)48)24-7-3-2-4-8-24/h2-18,20,30-34,40,44H,19,21H2,1H3/t30-,31+,32-,33-,34-,39+/m0/s1. The predicted molar refractivity (Wildman–Crippen MR) is 182 cm³/mol. The SMILES string of the molecule is Cc1ccc(NN2C(=O)[C@@H]3C[C@@H]4C(=CC[C@@H]5C(=O)N(c6ccc([N+](=O)[O-])cc6)C(=O)[C@@H]54)[C@H](c4cccc(O)c4)[C@]3(c3ccccc3)C2=O)cc1. The number of carbonyl (C=O) groups excluding carboxylic acids is 4. The number of hydrazine groups is 1. The van der Waals surface area contributed by atoms with Crippen molar-refractivity contribution in [1.29, 1.82) is 0 Å². The molecule has 0 aromatic heterocycles. The number of fused-ring (bicyclic) bond motifs is 4. The highest BCUT2D eigenvalue weighted by atomic mass is 16.6. The lowest BCUT2D eigenvalue weighted by Gasteiger charge is -2.50. The van der Waals surface area contributed by atoms with Crippen LogP contribution in [0.4, 0.5) is 17.1 Å². The summed E-state index contributed by atoms with van der Waals surface area (Å²) >= 11 is 0. The first-order valence-corrected chi connectivity index (χ1v) is 16.5. The van der Waals surface area contributed by atoms with Gasteiger partial charge in [-0.25, -0.2) is 0 Å². The molecule has 0 spiro atoms. The van der Waals surface area contributed by atoms with Crippen molar-refractivity contribution in [2.45, 2.75) is 31.1 Å². The van der Waals surface area contributed by atoms with Crippen molar-refractivity contribution in [2.75, 3.05) is 10.3 Å². The van der Waals surface area contributed by atoms with Crippen LogP contribution in [-0.2, 0) is 24.6 Å². The minimum Gasteiger partial charge on any atom is -0.508 e. The maximum Gasteiger partial charge on any atom is 0.269 e. The van der Waals surface area contributed by atoms with E-state index in [1.807, 2.05) is 61.5 Å². The third kappa shape index (κ3) is 4.49. The molecule has 4 aromatic rings. The summed E-state index contributed by atoms with van der Waals surface area (Å²) in [7, 11) is 0. The summed E-state index contributed by atoms with van der Waals surface area (Å²) in [6.07, 6.45) is 2.30. The number of non-ortho nitro benzene ring substituents is 1. The lowest BCUT2D eigenvalue weighted by atomic mass is 9.49. The topological polar surface area (TPSA) is 150 Å². The van der Waals surface area contributed by atoms with Gasteiger partial charge in [0.05, 0.1) is 39.5 Å². The van der Waals surface area contributed by atoms with Gasteiger partial charge in [0.15, 0.2) is 0 Å². The van der Waals surface area contributed by atoms with E-state index in [-0.39, 0.29) is 30.0 Å². The van der Waals surface area contributed by atoms with Crippen molar-refractivity contribution < 1.29 is 29.2 Å². The number of carbonyl (C=O) groups is 4. The first-order valence-electron chi connectivity index (χ1n) is 16.5. The first-order chi connectivity index (χ1) is 24.1. The predicted octanol–water partition coefficient (Wildman–Crippen LogP) is 5.80. The quantitative estimate of drug-likeness (QED) is 0.113. The second-order valence-corrected chi connectivity index (χ2v) is 13.5.